The molecular formula is C19H18N2. The average Bonchev–Trinajstić information content (AvgIpc) is 2.77. The Balaban J connectivity index is 2.31. The maximum atomic E-state index is 8.90. The Hall–Kier alpha value is -2.53. The highest BCUT2D eigenvalue weighted by atomic mass is 15.0. The Morgan fingerprint density at radius 1 is 1.05 bits per heavy atom. The van der Waals surface area contributed by atoms with Crippen LogP contribution >= 0.6 is 0 Å². The molecule has 1 heterocycles. The molecule has 3 aromatic rings. The molecule has 0 atom stereocenters. The van der Waals surface area contributed by atoms with Gasteiger partial charge in [0.05, 0.1) is 12.5 Å². The highest BCUT2D eigenvalue weighted by Crippen LogP contribution is 2.35. The first-order chi connectivity index (χ1) is 10.2. The van der Waals surface area contributed by atoms with Gasteiger partial charge in [-0.2, -0.15) is 5.26 Å². The first-order valence-corrected chi connectivity index (χ1v) is 7.24. The van der Waals surface area contributed by atoms with Crippen molar-refractivity contribution in [2.75, 3.05) is 0 Å². The van der Waals surface area contributed by atoms with Gasteiger partial charge in [0.2, 0.25) is 0 Å². The van der Waals surface area contributed by atoms with E-state index in [1.807, 2.05) is 6.07 Å². The lowest BCUT2D eigenvalue weighted by molar-refractivity contribution is 0.723. The zero-order chi connectivity index (χ0) is 14.8. The van der Waals surface area contributed by atoms with Crippen LogP contribution in [0.2, 0.25) is 0 Å². The molecule has 0 radical (unpaired) electrons. The highest BCUT2D eigenvalue weighted by molar-refractivity contribution is 5.98. The zero-order valence-corrected chi connectivity index (χ0v) is 12.4. The molecule has 0 fully saturated rings. The standard InChI is InChI=1S/C19H18N2/c1-14-9-10-18-17(13-14)19(16-7-4-3-5-8-16)15(2)21(18)12-6-11-20/h3-5,7-10,13H,6,12H2,1-2H3. The van der Waals surface area contributed by atoms with Gasteiger partial charge in [0.25, 0.3) is 0 Å². The zero-order valence-electron chi connectivity index (χ0n) is 12.4. The first kappa shape index (κ1) is 13.5. The predicted molar refractivity (Wildman–Crippen MR) is 87.1 cm³/mol. The van der Waals surface area contributed by atoms with Crippen molar-refractivity contribution in [3.05, 3.63) is 59.8 Å². The Labute approximate surface area is 125 Å². The van der Waals surface area contributed by atoms with Crippen LogP contribution in [0.15, 0.2) is 48.5 Å². The molecule has 0 saturated heterocycles. The lowest BCUT2D eigenvalue weighted by atomic mass is 10.0. The average molecular weight is 274 g/mol. The minimum atomic E-state index is 0.534. The van der Waals surface area contributed by atoms with Crippen molar-refractivity contribution in [1.82, 2.24) is 4.57 Å². The number of hydrogen-bond donors (Lipinski definition) is 0. The smallest absolute Gasteiger partial charge is 0.0640 e. The summed E-state index contributed by atoms with van der Waals surface area (Å²) in [6.45, 7) is 5.01. The van der Waals surface area contributed by atoms with E-state index in [1.165, 1.54) is 33.3 Å². The number of benzene rings is 2. The second-order valence-corrected chi connectivity index (χ2v) is 5.41. The molecule has 2 heteroatoms. The van der Waals surface area contributed by atoms with E-state index in [0.29, 0.717) is 6.42 Å². The summed E-state index contributed by atoms with van der Waals surface area (Å²) in [7, 11) is 0. The van der Waals surface area contributed by atoms with Gasteiger partial charge >= 0.3 is 0 Å². The van der Waals surface area contributed by atoms with Gasteiger partial charge < -0.3 is 4.57 Å². The van der Waals surface area contributed by atoms with Crippen molar-refractivity contribution in [3.63, 3.8) is 0 Å². The van der Waals surface area contributed by atoms with E-state index in [0.717, 1.165) is 6.54 Å². The predicted octanol–water partition coefficient (Wildman–Crippen LogP) is 4.84. The molecule has 0 unspecified atom stereocenters. The van der Waals surface area contributed by atoms with Gasteiger partial charge in [-0.05, 0) is 31.5 Å². The monoisotopic (exact) mass is 274 g/mol. The van der Waals surface area contributed by atoms with Gasteiger partial charge in [-0.1, -0.05) is 42.0 Å². The van der Waals surface area contributed by atoms with Crippen molar-refractivity contribution in [2.24, 2.45) is 0 Å². The number of rotatable bonds is 3. The summed E-state index contributed by atoms with van der Waals surface area (Å²) in [5.74, 6) is 0. The summed E-state index contributed by atoms with van der Waals surface area (Å²) in [6.07, 6.45) is 0.534. The molecule has 2 aromatic carbocycles. The summed E-state index contributed by atoms with van der Waals surface area (Å²) in [4.78, 5) is 0. The van der Waals surface area contributed by atoms with Gasteiger partial charge in [-0.25, -0.2) is 0 Å². The van der Waals surface area contributed by atoms with Crippen LogP contribution in [0, 0.1) is 25.2 Å². The summed E-state index contributed by atoms with van der Waals surface area (Å²) < 4.78 is 2.26. The van der Waals surface area contributed by atoms with Crippen molar-refractivity contribution in [2.45, 2.75) is 26.8 Å². The van der Waals surface area contributed by atoms with Crippen LogP contribution in [0.4, 0.5) is 0 Å². The van der Waals surface area contributed by atoms with E-state index in [1.54, 1.807) is 0 Å². The summed E-state index contributed by atoms with van der Waals surface area (Å²) >= 11 is 0. The molecule has 0 amide bonds. The van der Waals surface area contributed by atoms with Crippen molar-refractivity contribution in [1.29, 1.82) is 5.26 Å². The molecule has 0 bridgehead atoms. The van der Waals surface area contributed by atoms with E-state index < -0.39 is 0 Å². The number of fused-ring (bicyclic) bond motifs is 1. The number of hydrogen-bond acceptors (Lipinski definition) is 1. The Bertz CT molecular complexity index is 820. The number of aromatic nitrogens is 1. The number of nitriles is 1. The van der Waals surface area contributed by atoms with Gasteiger partial charge in [0.1, 0.15) is 0 Å². The largest absolute Gasteiger partial charge is 0.343 e. The fourth-order valence-corrected chi connectivity index (χ4v) is 3.02. The van der Waals surface area contributed by atoms with Crippen LogP contribution < -0.4 is 0 Å². The molecule has 0 saturated carbocycles. The molecule has 1 aromatic heterocycles. The normalized spacial score (nSPS) is 10.7. The lowest BCUT2D eigenvalue weighted by Gasteiger charge is -2.06. The Morgan fingerprint density at radius 2 is 1.81 bits per heavy atom. The number of nitrogens with zero attached hydrogens (tertiary/aromatic N) is 2. The van der Waals surface area contributed by atoms with Gasteiger partial charge in [-0.15, -0.1) is 0 Å². The maximum absolute atomic E-state index is 8.90. The van der Waals surface area contributed by atoms with Crippen LogP contribution in [0.5, 0.6) is 0 Å². The molecule has 0 aliphatic rings. The van der Waals surface area contributed by atoms with Crippen LogP contribution in [-0.2, 0) is 6.54 Å². The van der Waals surface area contributed by atoms with Crippen LogP contribution in [-0.4, -0.2) is 4.57 Å². The fraction of sp³-hybridized carbons (Fsp3) is 0.211. The quantitative estimate of drug-likeness (QED) is 0.672. The lowest BCUT2D eigenvalue weighted by Crippen LogP contribution is -1.99. The molecule has 3 rings (SSSR count). The van der Waals surface area contributed by atoms with E-state index in [9.17, 15) is 0 Å². The van der Waals surface area contributed by atoms with E-state index >= 15 is 0 Å². The molecule has 0 aliphatic carbocycles. The third-order valence-corrected chi connectivity index (χ3v) is 3.99. The molecular weight excluding hydrogens is 256 g/mol. The Kier molecular flexibility index (Phi) is 3.50. The van der Waals surface area contributed by atoms with Crippen LogP contribution in [0.25, 0.3) is 22.0 Å². The van der Waals surface area contributed by atoms with E-state index in [2.05, 4.69) is 66.9 Å². The summed E-state index contributed by atoms with van der Waals surface area (Å²) in [6, 6.07) is 19.3. The maximum Gasteiger partial charge on any atom is 0.0640 e. The van der Waals surface area contributed by atoms with Gasteiger partial charge in [0.15, 0.2) is 0 Å². The van der Waals surface area contributed by atoms with E-state index in [4.69, 9.17) is 5.26 Å². The van der Waals surface area contributed by atoms with E-state index in [-0.39, 0.29) is 0 Å². The minimum Gasteiger partial charge on any atom is -0.343 e. The molecule has 21 heavy (non-hydrogen) atoms. The van der Waals surface area contributed by atoms with Gasteiger partial charge in [-0.3, -0.25) is 0 Å². The van der Waals surface area contributed by atoms with Crippen LogP contribution in [0.1, 0.15) is 17.7 Å². The molecule has 0 spiro atoms. The van der Waals surface area contributed by atoms with Gasteiger partial charge in [0, 0.05) is 28.7 Å². The highest BCUT2D eigenvalue weighted by Gasteiger charge is 2.15. The van der Waals surface area contributed by atoms with Crippen molar-refractivity contribution >= 4 is 10.9 Å². The third kappa shape index (κ3) is 2.32. The van der Waals surface area contributed by atoms with Crippen LogP contribution in [0.3, 0.4) is 0 Å². The molecule has 2 nitrogen and oxygen atoms in total. The van der Waals surface area contributed by atoms with Crippen molar-refractivity contribution in [3.8, 4) is 17.2 Å². The molecule has 0 N–H and O–H groups in total. The Morgan fingerprint density at radius 3 is 2.52 bits per heavy atom. The second kappa shape index (κ2) is 5.46. The summed E-state index contributed by atoms with van der Waals surface area (Å²) in [5.41, 5.74) is 6.23. The number of aryl methyl sites for hydroxylation is 2. The molecule has 0 aliphatic heterocycles. The fourth-order valence-electron chi connectivity index (χ4n) is 3.02. The summed E-state index contributed by atoms with van der Waals surface area (Å²) in [5, 5.41) is 10.2. The minimum absolute atomic E-state index is 0.534. The molecule has 104 valence electrons. The SMILES string of the molecule is Cc1ccc2c(c1)c(-c1ccccc1)c(C)n2CCC#N. The second-order valence-electron chi connectivity index (χ2n) is 5.41. The first-order valence-electron chi connectivity index (χ1n) is 7.24. The topological polar surface area (TPSA) is 28.7 Å². The third-order valence-electron chi connectivity index (χ3n) is 3.99. The van der Waals surface area contributed by atoms with Crippen molar-refractivity contribution < 1.29 is 0 Å².